The molecule has 7 heteroatoms. The van der Waals surface area contributed by atoms with Crippen LogP contribution in [0.2, 0.25) is 0 Å². The van der Waals surface area contributed by atoms with Gasteiger partial charge in [0, 0.05) is 36.1 Å². The molecule has 3 atom stereocenters. The average Bonchev–Trinajstić information content (AvgIpc) is 2.53. The number of nitrogens with one attached hydrogen (secondary N) is 2. The number of hydrogen-bond donors (Lipinski definition) is 3. The molecule has 25 heavy (non-hydrogen) atoms. The summed E-state index contributed by atoms with van der Waals surface area (Å²) in [6.45, 7) is 7.91. The average molecular weight is 353 g/mol. The van der Waals surface area contributed by atoms with Crippen molar-refractivity contribution in [3.8, 4) is 0 Å². The lowest BCUT2D eigenvalue weighted by atomic mass is 9.55. The minimum Gasteiger partial charge on any atom is -0.480 e. The van der Waals surface area contributed by atoms with E-state index >= 15 is 0 Å². The molecule has 3 unspecified atom stereocenters. The predicted octanol–water partition coefficient (Wildman–Crippen LogP) is 1.43. The van der Waals surface area contributed by atoms with Crippen LogP contribution in [0, 0.1) is 11.3 Å². The molecule has 142 valence electrons. The molecule has 3 fully saturated rings. The van der Waals surface area contributed by atoms with E-state index in [0.29, 0.717) is 5.92 Å². The molecule has 1 saturated heterocycles. The first-order chi connectivity index (χ1) is 11.8. The van der Waals surface area contributed by atoms with E-state index < -0.39 is 5.97 Å². The molecule has 0 aromatic rings. The van der Waals surface area contributed by atoms with Crippen LogP contribution >= 0.6 is 0 Å². The summed E-state index contributed by atoms with van der Waals surface area (Å²) in [5, 5.41) is 15.1. The van der Waals surface area contributed by atoms with Gasteiger partial charge in [-0.25, -0.2) is 4.79 Å². The number of urea groups is 1. The number of fused-ring (bicyclic) bond motifs is 1. The van der Waals surface area contributed by atoms with Gasteiger partial charge in [-0.15, -0.1) is 0 Å². The molecule has 2 aliphatic carbocycles. The molecule has 3 rings (SSSR count). The number of rotatable bonds is 6. The third kappa shape index (κ3) is 3.62. The zero-order chi connectivity index (χ0) is 18.2. The van der Waals surface area contributed by atoms with Crippen LogP contribution in [-0.4, -0.2) is 65.9 Å². The highest BCUT2D eigenvalue weighted by molar-refractivity contribution is 5.75. The van der Waals surface area contributed by atoms with Crippen molar-refractivity contribution in [1.82, 2.24) is 15.5 Å². The first-order valence-electron chi connectivity index (χ1n) is 9.47. The molecule has 3 N–H and O–H groups in total. The molecule has 0 radical (unpaired) electrons. The first-order valence-corrected chi connectivity index (χ1v) is 9.47. The van der Waals surface area contributed by atoms with E-state index in [2.05, 4.69) is 24.5 Å². The number of carbonyl (C=O) groups is 2. The van der Waals surface area contributed by atoms with Crippen LogP contribution in [0.1, 0.15) is 46.5 Å². The fourth-order valence-electron chi connectivity index (χ4n) is 4.86. The van der Waals surface area contributed by atoms with Crippen molar-refractivity contribution < 1.29 is 19.4 Å². The van der Waals surface area contributed by atoms with Gasteiger partial charge in [-0.05, 0) is 32.2 Å². The summed E-state index contributed by atoms with van der Waals surface area (Å²) in [4.78, 5) is 25.2. The number of carbonyl (C=O) groups excluding carboxylic acids is 1. The van der Waals surface area contributed by atoms with Crippen molar-refractivity contribution >= 4 is 12.0 Å². The number of hydrogen-bond acceptors (Lipinski definition) is 4. The quantitative estimate of drug-likeness (QED) is 0.672. The Bertz CT molecular complexity index is 518. The Morgan fingerprint density at radius 1 is 1.28 bits per heavy atom. The summed E-state index contributed by atoms with van der Waals surface area (Å²) in [5.41, 5.74) is -0.0227. The summed E-state index contributed by atoms with van der Waals surface area (Å²) >= 11 is 0. The largest absolute Gasteiger partial charge is 0.480 e. The van der Waals surface area contributed by atoms with Gasteiger partial charge < -0.3 is 20.5 Å². The molecule has 1 aliphatic heterocycles. The van der Waals surface area contributed by atoms with E-state index in [1.54, 1.807) is 0 Å². The van der Waals surface area contributed by atoms with E-state index in [-0.39, 0.29) is 42.2 Å². The smallest absolute Gasteiger partial charge is 0.317 e. The number of aliphatic carboxylic acids is 1. The van der Waals surface area contributed by atoms with Gasteiger partial charge in [0.1, 0.15) is 0 Å². The summed E-state index contributed by atoms with van der Waals surface area (Å²) in [5.74, 6) is -0.373. The minimum absolute atomic E-state index is 0.0227. The third-order valence-corrected chi connectivity index (χ3v) is 6.33. The van der Waals surface area contributed by atoms with E-state index in [9.17, 15) is 9.59 Å². The molecule has 2 amide bonds. The fourth-order valence-corrected chi connectivity index (χ4v) is 4.86. The Kier molecular flexibility index (Phi) is 5.25. The topological polar surface area (TPSA) is 90.9 Å². The molecule has 0 aromatic heterocycles. The lowest BCUT2D eigenvalue weighted by Gasteiger charge is -2.59. The maximum Gasteiger partial charge on any atom is 0.317 e. The minimum atomic E-state index is -0.799. The summed E-state index contributed by atoms with van der Waals surface area (Å²) in [6.07, 6.45) is 4.08. The van der Waals surface area contributed by atoms with Gasteiger partial charge in [0.25, 0.3) is 0 Å². The van der Waals surface area contributed by atoms with E-state index in [1.165, 1.54) is 0 Å². The molecule has 3 aliphatic rings. The Labute approximate surface area is 149 Å². The molecule has 0 bridgehead atoms. The van der Waals surface area contributed by atoms with Gasteiger partial charge in [0.05, 0.1) is 12.6 Å². The molecule has 1 heterocycles. The summed E-state index contributed by atoms with van der Waals surface area (Å²) < 4.78 is 5.88. The highest BCUT2D eigenvalue weighted by atomic mass is 16.5. The van der Waals surface area contributed by atoms with Gasteiger partial charge in [0.2, 0.25) is 0 Å². The van der Waals surface area contributed by atoms with Crippen LogP contribution in [0.15, 0.2) is 0 Å². The number of nitrogens with zero attached hydrogens (tertiary/aromatic N) is 1. The van der Waals surface area contributed by atoms with Crippen LogP contribution in [0.25, 0.3) is 0 Å². The van der Waals surface area contributed by atoms with Crippen molar-refractivity contribution in [2.24, 2.45) is 11.3 Å². The SMILES string of the molecule is CCN(CC(=O)O)C1CC(NC(=O)NC2C3CCCOC3C2(C)C)C1. The Morgan fingerprint density at radius 2 is 2.00 bits per heavy atom. The fraction of sp³-hybridized carbons (Fsp3) is 0.889. The Hall–Kier alpha value is -1.34. The van der Waals surface area contributed by atoms with Crippen molar-refractivity contribution in [1.29, 1.82) is 0 Å². The Morgan fingerprint density at radius 3 is 2.64 bits per heavy atom. The highest BCUT2D eigenvalue weighted by Gasteiger charge is 2.58. The van der Waals surface area contributed by atoms with E-state index in [1.807, 2.05) is 11.8 Å². The van der Waals surface area contributed by atoms with Gasteiger partial charge in [-0.1, -0.05) is 20.8 Å². The monoisotopic (exact) mass is 353 g/mol. The zero-order valence-corrected chi connectivity index (χ0v) is 15.5. The van der Waals surface area contributed by atoms with Crippen LogP contribution in [-0.2, 0) is 9.53 Å². The number of amides is 2. The van der Waals surface area contributed by atoms with Crippen LogP contribution in [0.5, 0.6) is 0 Å². The standard InChI is InChI=1S/C18H31N3O4/c1-4-21(10-14(22)23)12-8-11(9-12)19-17(24)20-15-13-6-5-7-25-16(13)18(15,2)3/h11-13,15-16H,4-10H2,1-3H3,(H,22,23)(H2,19,20,24). The predicted molar refractivity (Wildman–Crippen MR) is 93.4 cm³/mol. The molecular weight excluding hydrogens is 322 g/mol. The van der Waals surface area contributed by atoms with Crippen LogP contribution in [0.4, 0.5) is 4.79 Å². The maximum absolute atomic E-state index is 12.4. The molecule has 2 saturated carbocycles. The number of carboxylic acid groups (broad SMARTS) is 1. The molecular formula is C18H31N3O4. The van der Waals surface area contributed by atoms with Gasteiger partial charge >= 0.3 is 12.0 Å². The van der Waals surface area contributed by atoms with E-state index in [4.69, 9.17) is 9.84 Å². The zero-order valence-electron chi connectivity index (χ0n) is 15.5. The Balaban J connectivity index is 1.43. The summed E-state index contributed by atoms with van der Waals surface area (Å²) in [6, 6.07) is 0.441. The molecule has 7 nitrogen and oxygen atoms in total. The lowest BCUT2D eigenvalue weighted by molar-refractivity contribution is -0.189. The first kappa shape index (κ1) is 18.5. The van der Waals surface area contributed by atoms with Crippen molar-refractivity contribution in [3.63, 3.8) is 0 Å². The number of carboxylic acids is 1. The lowest BCUT2D eigenvalue weighted by Crippen LogP contribution is -2.71. The third-order valence-electron chi connectivity index (χ3n) is 6.33. The highest BCUT2D eigenvalue weighted by Crippen LogP contribution is 2.51. The molecule has 0 spiro atoms. The second-order valence-corrected chi connectivity index (χ2v) is 8.29. The van der Waals surface area contributed by atoms with Gasteiger partial charge in [-0.2, -0.15) is 0 Å². The molecule has 0 aromatic carbocycles. The van der Waals surface area contributed by atoms with Crippen LogP contribution in [0.3, 0.4) is 0 Å². The van der Waals surface area contributed by atoms with E-state index in [0.717, 1.165) is 38.8 Å². The van der Waals surface area contributed by atoms with Crippen molar-refractivity contribution in [3.05, 3.63) is 0 Å². The van der Waals surface area contributed by atoms with Crippen molar-refractivity contribution in [2.75, 3.05) is 19.7 Å². The second-order valence-electron chi connectivity index (χ2n) is 8.29. The van der Waals surface area contributed by atoms with Gasteiger partial charge in [0.15, 0.2) is 0 Å². The van der Waals surface area contributed by atoms with Crippen LogP contribution < -0.4 is 10.6 Å². The number of likely N-dealkylation sites (N-methyl/N-ethyl adjacent to an activating group) is 1. The maximum atomic E-state index is 12.4. The number of ether oxygens (including phenoxy) is 1. The van der Waals surface area contributed by atoms with Crippen molar-refractivity contribution in [2.45, 2.75) is 70.7 Å². The normalized spacial score (nSPS) is 35.9. The second kappa shape index (κ2) is 7.11. The summed E-state index contributed by atoms with van der Waals surface area (Å²) in [7, 11) is 0. The van der Waals surface area contributed by atoms with Gasteiger partial charge in [-0.3, -0.25) is 9.69 Å².